The van der Waals surface area contributed by atoms with Crippen LogP contribution in [0.5, 0.6) is 0 Å². The van der Waals surface area contributed by atoms with Crippen LogP contribution in [0.2, 0.25) is 5.02 Å². The Bertz CT molecular complexity index is 1200. The van der Waals surface area contributed by atoms with E-state index in [1.54, 1.807) is 35.4 Å². The van der Waals surface area contributed by atoms with E-state index in [0.717, 1.165) is 5.56 Å². The van der Waals surface area contributed by atoms with Gasteiger partial charge in [0.25, 0.3) is 11.8 Å². The van der Waals surface area contributed by atoms with Crippen molar-refractivity contribution in [1.82, 2.24) is 19.8 Å². The summed E-state index contributed by atoms with van der Waals surface area (Å²) in [5.74, 6) is -0.532. The first kappa shape index (κ1) is 24.7. The van der Waals surface area contributed by atoms with Gasteiger partial charge in [0.15, 0.2) is 15.7 Å². The number of fused-ring (bicyclic) bond motifs is 1. The third-order valence-corrected chi connectivity index (χ3v) is 10.4. The van der Waals surface area contributed by atoms with Crippen molar-refractivity contribution in [3.63, 3.8) is 0 Å². The molecule has 11 heteroatoms. The van der Waals surface area contributed by atoms with E-state index in [1.165, 1.54) is 6.20 Å². The quantitative estimate of drug-likeness (QED) is 0.534. The van der Waals surface area contributed by atoms with Crippen molar-refractivity contribution in [3.05, 3.63) is 52.6 Å². The summed E-state index contributed by atoms with van der Waals surface area (Å²) in [6, 6.07) is 7.14. The van der Waals surface area contributed by atoms with Crippen molar-refractivity contribution in [2.45, 2.75) is 55.7 Å². The fourth-order valence-corrected chi connectivity index (χ4v) is 7.17. The lowest BCUT2D eigenvalue weighted by atomic mass is 10.1. The summed E-state index contributed by atoms with van der Waals surface area (Å²) in [5.41, 5.74) is 6.82. The number of benzene rings is 1. The Kier molecular flexibility index (Phi) is 6.52. The molecule has 0 spiro atoms. The van der Waals surface area contributed by atoms with E-state index in [4.69, 9.17) is 17.3 Å². The molecule has 1 aromatic carbocycles. The molecule has 0 unspecified atom stereocenters. The SMILES string of the molecule is CC(C)(CCN)S(=O)(=O)C1(CN2CCn3c(cnc3C(=O)NCc3ccc(Cl)cc3)C2=O)CC1. The Labute approximate surface area is 204 Å². The third-order valence-electron chi connectivity index (χ3n) is 6.86. The first-order valence-electron chi connectivity index (χ1n) is 11.3. The zero-order chi connectivity index (χ0) is 24.7. The number of hydrogen-bond donors (Lipinski definition) is 2. The smallest absolute Gasteiger partial charge is 0.287 e. The lowest BCUT2D eigenvalue weighted by Crippen LogP contribution is -2.51. The number of nitrogens with one attached hydrogen (secondary N) is 1. The van der Waals surface area contributed by atoms with Gasteiger partial charge < -0.3 is 20.5 Å². The Morgan fingerprint density at radius 2 is 1.91 bits per heavy atom. The summed E-state index contributed by atoms with van der Waals surface area (Å²) < 4.78 is 26.5. The molecule has 0 atom stereocenters. The summed E-state index contributed by atoms with van der Waals surface area (Å²) in [6.45, 7) is 4.82. The number of nitrogens with zero attached hydrogens (tertiary/aromatic N) is 3. The molecule has 1 saturated carbocycles. The minimum Gasteiger partial charge on any atom is -0.345 e. The van der Waals surface area contributed by atoms with Crippen molar-refractivity contribution < 1.29 is 18.0 Å². The summed E-state index contributed by atoms with van der Waals surface area (Å²) in [5, 5.41) is 3.43. The van der Waals surface area contributed by atoms with E-state index in [1.807, 2.05) is 12.1 Å². The van der Waals surface area contributed by atoms with Gasteiger partial charge in [-0.1, -0.05) is 23.7 Å². The van der Waals surface area contributed by atoms with Crippen LogP contribution in [0.4, 0.5) is 0 Å². The van der Waals surface area contributed by atoms with Crippen LogP contribution in [-0.4, -0.2) is 63.8 Å². The number of carbonyl (C=O) groups excluding carboxylic acids is 2. The highest BCUT2D eigenvalue weighted by Gasteiger charge is 2.60. The number of sulfone groups is 1. The first-order chi connectivity index (χ1) is 16.0. The molecule has 0 saturated heterocycles. The van der Waals surface area contributed by atoms with Crippen LogP contribution in [0.25, 0.3) is 0 Å². The predicted octanol–water partition coefficient (Wildman–Crippen LogP) is 2.00. The van der Waals surface area contributed by atoms with Gasteiger partial charge in [-0.05, 0) is 57.4 Å². The molecule has 0 bridgehead atoms. The highest BCUT2D eigenvalue weighted by atomic mass is 35.5. The molecular weight excluding hydrogens is 478 g/mol. The van der Waals surface area contributed by atoms with E-state index in [2.05, 4.69) is 10.3 Å². The van der Waals surface area contributed by atoms with Crippen LogP contribution in [-0.2, 0) is 22.9 Å². The maximum absolute atomic E-state index is 13.4. The van der Waals surface area contributed by atoms with Crippen molar-refractivity contribution in [2.75, 3.05) is 19.6 Å². The molecule has 4 rings (SSSR count). The van der Waals surface area contributed by atoms with Crippen molar-refractivity contribution in [1.29, 1.82) is 0 Å². The number of hydrogen-bond acceptors (Lipinski definition) is 6. The molecule has 9 nitrogen and oxygen atoms in total. The van der Waals surface area contributed by atoms with Crippen LogP contribution >= 0.6 is 11.6 Å². The molecule has 2 amide bonds. The fourth-order valence-electron chi connectivity index (χ4n) is 4.52. The van der Waals surface area contributed by atoms with Gasteiger partial charge in [0.2, 0.25) is 0 Å². The van der Waals surface area contributed by atoms with Crippen molar-refractivity contribution in [3.8, 4) is 0 Å². The molecule has 3 N–H and O–H groups in total. The van der Waals surface area contributed by atoms with Crippen LogP contribution < -0.4 is 11.1 Å². The minimum atomic E-state index is -3.50. The summed E-state index contributed by atoms with van der Waals surface area (Å²) >= 11 is 5.89. The number of amides is 2. The van der Waals surface area contributed by atoms with Gasteiger partial charge in [-0.25, -0.2) is 13.4 Å². The normalized spacial score (nSPS) is 17.4. The number of rotatable bonds is 9. The monoisotopic (exact) mass is 507 g/mol. The number of aromatic nitrogens is 2. The lowest BCUT2D eigenvalue weighted by Gasteiger charge is -2.35. The van der Waals surface area contributed by atoms with Crippen LogP contribution in [0.15, 0.2) is 30.5 Å². The van der Waals surface area contributed by atoms with E-state index in [0.29, 0.717) is 43.9 Å². The third kappa shape index (κ3) is 4.34. The molecule has 1 aliphatic carbocycles. The maximum Gasteiger partial charge on any atom is 0.287 e. The molecule has 184 valence electrons. The molecular formula is C23H30ClN5O4S. The van der Waals surface area contributed by atoms with E-state index in [-0.39, 0.29) is 36.4 Å². The van der Waals surface area contributed by atoms with Gasteiger partial charge in [-0.2, -0.15) is 0 Å². The molecule has 2 aliphatic rings. The highest BCUT2D eigenvalue weighted by molar-refractivity contribution is 7.94. The van der Waals surface area contributed by atoms with Crippen molar-refractivity contribution in [2.24, 2.45) is 5.73 Å². The second-order valence-corrected chi connectivity index (χ2v) is 13.1. The summed E-state index contributed by atoms with van der Waals surface area (Å²) in [7, 11) is -3.50. The Hall–Kier alpha value is -2.43. The second-order valence-electron chi connectivity index (χ2n) is 9.64. The van der Waals surface area contributed by atoms with Gasteiger partial charge in [-0.3, -0.25) is 9.59 Å². The molecule has 1 aliphatic heterocycles. The largest absolute Gasteiger partial charge is 0.345 e. The summed E-state index contributed by atoms with van der Waals surface area (Å²) in [6.07, 6.45) is 2.82. The zero-order valence-electron chi connectivity index (χ0n) is 19.4. The van der Waals surface area contributed by atoms with Crippen LogP contribution in [0.3, 0.4) is 0 Å². The topological polar surface area (TPSA) is 127 Å². The van der Waals surface area contributed by atoms with Gasteiger partial charge >= 0.3 is 0 Å². The summed E-state index contributed by atoms with van der Waals surface area (Å²) in [4.78, 5) is 31.7. The van der Waals surface area contributed by atoms with E-state index < -0.39 is 19.3 Å². The Morgan fingerprint density at radius 1 is 1.24 bits per heavy atom. The Balaban J connectivity index is 1.46. The maximum atomic E-state index is 13.4. The second kappa shape index (κ2) is 8.98. The number of nitrogens with two attached hydrogens (primary N) is 1. The van der Waals surface area contributed by atoms with Gasteiger partial charge in [0.05, 0.1) is 15.7 Å². The molecule has 0 radical (unpaired) electrons. The van der Waals surface area contributed by atoms with E-state index >= 15 is 0 Å². The van der Waals surface area contributed by atoms with Gasteiger partial charge in [-0.15, -0.1) is 0 Å². The molecule has 2 aromatic rings. The zero-order valence-corrected chi connectivity index (χ0v) is 21.0. The number of imidazole rings is 1. The van der Waals surface area contributed by atoms with E-state index in [9.17, 15) is 18.0 Å². The first-order valence-corrected chi connectivity index (χ1v) is 13.2. The predicted molar refractivity (Wildman–Crippen MR) is 129 cm³/mol. The van der Waals surface area contributed by atoms with Gasteiger partial charge in [0, 0.05) is 31.2 Å². The van der Waals surface area contributed by atoms with Crippen LogP contribution in [0, 0.1) is 0 Å². The molecule has 2 heterocycles. The highest BCUT2D eigenvalue weighted by Crippen LogP contribution is 2.49. The lowest BCUT2D eigenvalue weighted by molar-refractivity contribution is 0.0698. The van der Waals surface area contributed by atoms with Crippen molar-refractivity contribution >= 4 is 33.3 Å². The fraction of sp³-hybridized carbons (Fsp3) is 0.522. The number of halogens is 1. The Morgan fingerprint density at radius 3 is 2.53 bits per heavy atom. The minimum absolute atomic E-state index is 0.144. The number of carbonyl (C=O) groups is 2. The standard InChI is InChI=1S/C23H30ClN5O4S/c1-22(2,9-10-25)34(32,33)23(7-8-23)15-28-11-12-29-18(21(28)31)14-26-19(29)20(30)27-13-16-3-5-17(24)6-4-16/h3-6,14H,7-13,15,25H2,1-2H3,(H,27,30). The van der Waals surface area contributed by atoms with Crippen LogP contribution in [0.1, 0.15) is 59.8 Å². The molecule has 1 fully saturated rings. The average Bonchev–Trinajstić information content (AvgIpc) is 3.45. The van der Waals surface area contributed by atoms with Gasteiger partial charge in [0.1, 0.15) is 5.69 Å². The molecule has 34 heavy (non-hydrogen) atoms. The molecule has 1 aromatic heterocycles. The average molecular weight is 508 g/mol.